The van der Waals surface area contributed by atoms with Gasteiger partial charge in [0, 0.05) is 19.8 Å². The van der Waals surface area contributed by atoms with Crippen molar-refractivity contribution in [1.29, 1.82) is 0 Å². The number of hydrogen-bond donors (Lipinski definition) is 0. The first-order chi connectivity index (χ1) is 7.49. The van der Waals surface area contributed by atoms with Crippen LogP contribution in [0.3, 0.4) is 0 Å². The molecule has 0 aliphatic carbocycles. The second-order valence-corrected chi connectivity index (χ2v) is 8.06. The molecule has 0 N–H and O–H groups in total. The van der Waals surface area contributed by atoms with Crippen molar-refractivity contribution in [3.05, 3.63) is 40.6 Å². The Hall–Kier alpha value is 0.750. The largest absolute Gasteiger partial charge is 0.143 e. The number of alkyl halides is 1. The van der Waals surface area contributed by atoms with Crippen LogP contribution >= 0.6 is 73.4 Å². The summed E-state index contributed by atoms with van der Waals surface area (Å²) in [6.07, 6.45) is 0. The van der Waals surface area contributed by atoms with Gasteiger partial charge in [0.2, 0.25) is 0 Å². The number of hydrogen-bond acceptors (Lipinski definition) is 2. The van der Waals surface area contributed by atoms with E-state index in [9.17, 15) is 0 Å². The molecule has 0 aliphatic rings. The van der Waals surface area contributed by atoms with Gasteiger partial charge in [-0.2, -0.15) is 0 Å². The molecule has 1 unspecified atom stereocenters. The molecular weight excluding hydrogens is 371 g/mol. The van der Waals surface area contributed by atoms with Crippen LogP contribution in [-0.4, -0.2) is 0 Å². The van der Waals surface area contributed by atoms with Crippen molar-refractivity contribution in [3.63, 3.8) is 0 Å². The molecule has 1 atom stereocenters. The van der Waals surface area contributed by atoms with E-state index in [1.165, 1.54) is 16.2 Å². The van der Waals surface area contributed by atoms with Crippen LogP contribution in [0, 0.1) is 6.92 Å². The minimum absolute atomic E-state index is 0.230. The van der Waals surface area contributed by atoms with E-state index in [2.05, 4.69) is 15.9 Å². The van der Waals surface area contributed by atoms with Crippen molar-refractivity contribution in [1.82, 2.24) is 0 Å². The summed E-state index contributed by atoms with van der Waals surface area (Å²) in [6, 6.07) is 3.86. The molecule has 0 saturated heterocycles. The highest BCUT2D eigenvalue weighted by Crippen LogP contribution is 2.43. The summed E-state index contributed by atoms with van der Waals surface area (Å²) in [7, 11) is 0. The highest BCUT2D eigenvalue weighted by Gasteiger charge is 2.19. The maximum absolute atomic E-state index is 6.39. The average molecular weight is 377 g/mol. The number of thiophene rings is 2. The van der Waals surface area contributed by atoms with Gasteiger partial charge in [-0.05, 0) is 35.0 Å². The molecule has 2 heterocycles. The van der Waals surface area contributed by atoms with Crippen molar-refractivity contribution < 1.29 is 0 Å². The maximum atomic E-state index is 6.39. The third kappa shape index (κ3) is 2.60. The Balaban J connectivity index is 2.38. The molecule has 0 amide bonds. The lowest BCUT2D eigenvalue weighted by molar-refractivity contribution is 1.20. The lowest BCUT2D eigenvalue weighted by atomic mass is 10.2. The summed E-state index contributed by atoms with van der Waals surface area (Å²) in [5.74, 6) is 0. The molecule has 0 saturated carbocycles. The fourth-order valence-electron chi connectivity index (χ4n) is 1.29. The summed E-state index contributed by atoms with van der Waals surface area (Å²) < 4.78 is 2.40. The smallest absolute Gasteiger partial charge is 0.0994 e. The summed E-state index contributed by atoms with van der Waals surface area (Å²) in [5.41, 5.74) is 0.882. The summed E-state index contributed by atoms with van der Waals surface area (Å²) >= 11 is 24.8. The third-order valence-corrected chi connectivity index (χ3v) is 6.40. The topological polar surface area (TPSA) is 0 Å². The number of rotatable bonds is 2. The van der Waals surface area contributed by atoms with Gasteiger partial charge in [0.15, 0.2) is 0 Å². The third-order valence-electron chi connectivity index (χ3n) is 2.08. The molecule has 2 aromatic rings. The normalized spacial score (nSPS) is 13.1. The van der Waals surface area contributed by atoms with Crippen LogP contribution in [0.4, 0.5) is 0 Å². The van der Waals surface area contributed by atoms with Gasteiger partial charge < -0.3 is 0 Å². The zero-order valence-electron chi connectivity index (χ0n) is 8.06. The van der Waals surface area contributed by atoms with Gasteiger partial charge >= 0.3 is 0 Å². The van der Waals surface area contributed by atoms with Gasteiger partial charge in [-0.25, -0.2) is 0 Å². The van der Waals surface area contributed by atoms with Crippen LogP contribution in [-0.2, 0) is 0 Å². The van der Waals surface area contributed by atoms with E-state index in [1.807, 2.05) is 19.1 Å². The minimum atomic E-state index is -0.230. The Morgan fingerprint density at radius 3 is 2.38 bits per heavy atom. The zero-order valence-corrected chi connectivity index (χ0v) is 13.5. The van der Waals surface area contributed by atoms with E-state index in [0.29, 0.717) is 8.67 Å². The Labute approximate surface area is 125 Å². The predicted molar refractivity (Wildman–Crippen MR) is 78.8 cm³/mol. The molecule has 0 aliphatic heterocycles. The molecule has 2 aromatic heterocycles. The van der Waals surface area contributed by atoms with E-state index in [-0.39, 0.29) is 5.38 Å². The quantitative estimate of drug-likeness (QED) is 0.524. The average Bonchev–Trinajstić information content (AvgIpc) is 2.70. The van der Waals surface area contributed by atoms with Crippen molar-refractivity contribution in [3.8, 4) is 0 Å². The highest BCUT2D eigenvalue weighted by atomic mass is 79.9. The standard InChI is InChI=1S/C10H6BrCl3S2/c1-4-6(11)3-7(15-4)9(13)5-2-8(12)16-10(5)14/h2-3,9H,1H3. The molecule has 0 spiro atoms. The van der Waals surface area contributed by atoms with Crippen molar-refractivity contribution in [2.75, 3.05) is 0 Å². The second kappa shape index (κ2) is 5.17. The maximum Gasteiger partial charge on any atom is 0.0994 e. The van der Waals surface area contributed by atoms with Crippen LogP contribution in [0.1, 0.15) is 20.7 Å². The van der Waals surface area contributed by atoms with Crippen molar-refractivity contribution >= 4 is 73.4 Å². The van der Waals surface area contributed by atoms with Crippen LogP contribution in [0.5, 0.6) is 0 Å². The van der Waals surface area contributed by atoms with Gasteiger partial charge in [0.25, 0.3) is 0 Å². The van der Waals surface area contributed by atoms with E-state index >= 15 is 0 Å². The molecular formula is C10H6BrCl3S2. The fraction of sp³-hybridized carbons (Fsp3) is 0.200. The van der Waals surface area contributed by atoms with Crippen molar-refractivity contribution in [2.45, 2.75) is 12.3 Å². The van der Waals surface area contributed by atoms with E-state index in [4.69, 9.17) is 34.8 Å². The van der Waals surface area contributed by atoms with Gasteiger partial charge in [-0.3, -0.25) is 0 Å². The molecule has 6 heteroatoms. The van der Waals surface area contributed by atoms with Gasteiger partial charge in [-0.1, -0.05) is 23.2 Å². The SMILES string of the molecule is Cc1sc(C(Cl)c2cc(Cl)sc2Cl)cc1Br. The van der Waals surface area contributed by atoms with E-state index in [1.54, 1.807) is 11.3 Å². The Morgan fingerprint density at radius 2 is 1.94 bits per heavy atom. The monoisotopic (exact) mass is 374 g/mol. The van der Waals surface area contributed by atoms with Crippen LogP contribution in [0.25, 0.3) is 0 Å². The molecule has 86 valence electrons. The lowest BCUT2D eigenvalue weighted by Gasteiger charge is -2.04. The van der Waals surface area contributed by atoms with Gasteiger partial charge in [0.05, 0.1) is 14.0 Å². The number of halogens is 4. The summed E-state index contributed by atoms with van der Waals surface area (Å²) in [4.78, 5) is 2.28. The molecule has 0 fully saturated rings. The first-order valence-electron chi connectivity index (χ1n) is 4.33. The zero-order chi connectivity index (χ0) is 11.9. The first-order valence-corrected chi connectivity index (χ1v) is 7.95. The lowest BCUT2D eigenvalue weighted by Crippen LogP contribution is -1.87. The molecule has 0 radical (unpaired) electrons. The van der Waals surface area contributed by atoms with E-state index in [0.717, 1.165) is 14.9 Å². The Morgan fingerprint density at radius 1 is 1.25 bits per heavy atom. The Bertz CT molecular complexity index is 499. The summed E-state index contributed by atoms with van der Waals surface area (Å²) in [6.45, 7) is 2.05. The molecule has 0 nitrogen and oxygen atoms in total. The second-order valence-electron chi connectivity index (χ2n) is 3.20. The first kappa shape index (κ1) is 13.2. The fourth-order valence-corrected chi connectivity index (χ4v) is 4.87. The highest BCUT2D eigenvalue weighted by molar-refractivity contribution is 9.10. The van der Waals surface area contributed by atoms with Crippen LogP contribution in [0.15, 0.2) is 16.6 Å². The van der Waals surface area contributed by atoms with Gasteiger partial charge in [0.1, 0.15) is 0 Å². The molecule has 0 aromatic carbocycles. The Kier molecular flexibility index (Phi) is 4.26. The van der Waals surface area contributed by atoms with E-state index < -0.39 is 0 Å². The minimum Gasteiger partial charge on any atom is -0.143 e. The van der Waals surface area contributed by atoms with Crippen LogP contribution < -0.4 is 0 Å². The van der Waals surface area contributed by atoms with Crippen molar-refractivity contribution in [2.24, 2.45) is 0 Å². The summed E-state index contributed by atoms with van der Waals surface area (Å²) in [5, 5.41) is -0.230. The molecule has 2 rings (SSSR count). The van der Waals surface area contributed by atoms with Gasteiger partial charge in [-0.15, -0.1) is 34.3 Å². The number of aryl methyl sites for hydroxylation is 1. The molecule has 0 bridgehead atoms. The molecule has 16 heavy (non-hydrogen) atoms. The van der Waals surface area contributed by atoms with Crippen LogP contribution in [0.2, 0.25) is 8.67 Å². The predicted octanol–water partition coefficient (Wildman–Crippen LogP) is 6.52.